The van der Waals surface area contributed by atoms with E-state index in [1.807, 2.05) is 6.92 Å². The monoisotopic (exact) mass is 263 g/mol. The van der Waals surface area contributed by atoms with Gasteiger partial charge in [-0.3, -0.25) is 4.68 Å². The SMILES string of the molecule is CCCCC(Nc1ncnc2c1cnn2C)C(=O)O. The zero-order valence-electron chi connectivity index (χ0n) is 11.0. The second kappa shape index (κ2) is 5.64. The number of nitrogens with zero attached hydrogens (tertiary/aromatic N) is 4. The zero-order valence-corrected chi connectivity index (χ0v) is 11.0. The van der Waals surface area contributed by atoms with E-state index in [0.29, 0.717) is 17.9 Å². The Morgan fingerprint density at radius 1 is 1.53 bits per heavy atom. The summed E-state index contributed by atoms with van der Waals surface area (Å²) in [5.41, 5.74) is 0.678. The maximum absolute atomic E-state index is 11.2. The van der Waals surface area contributed by atoms with Gasteiger partial charge in [0, 0.05) is 7.05 Å². The zero-order chi connectivity index (χ0) is 13.8. The fourth-order valence-corrected chi connectivity index (χ4v) is 1.91. The predicted molar refractivity (Wildman–Crippen MR) is 70.9 cm³/mol. The van der Waals surface area contributed by atoms with Crippen molar-refractivity contribution >= 4 is 22.8 Å². The maximum atomic E-state index is 11.2. The van der Waals surface area contributed by atoms with Gasteiger partial charge in [0.05, 0.1) is 11.6 Å². The molecule has 0 aliphatic heterocycles. The molecule has 2 aromatic rings. The second-order valence-electron chi connectivity index (χ2n) is 4.41. The van der Waals surface area contributed by atoms with Crippen LogP contribution < -0.4 is 5.32 Å². The number of unbranched alkanes of at least 4 members (excludes halogenated alkanes) is 1. The molecule has 2 aromatic heterocycles. The van der Waals surface area contributed by atoms with Crippen LogP contribution in [0.3, 0.4) is 0 Å². The Kier molecular flexibility index (Phi) is 3.94. The molecular formula is C12H17N5O2. The van der Waals surface area contributed by atoms with Crippen molar-refractivity contribution < 1.29 is 9.90 Å². The molecule has 0 radical (unpaired) electrons. The topological polar surface area (TPSA) is 92.9 Å². The van der Waals surface area contributed by atoms with Crippen LogP contribution in [0.2, 0.25) is 0 Å². The van der Waals surface area contributed by atoms with Gasteiger partial charge < -0.3 is 10.4 Å². The third kappa shape index (κ3) is 2.81. The minimum Gasteiger partial charge on any atom is -0.480 e. The van der Waals surface area contributed by atoms with Crippen molar-refractivity contribution in [2.75, 3.05) is 5.32 Å². The Morgan fingerprint density at radius 2 is 2.32 bits per heavy atom. The molecule has 1 atom stereocenters. The number of anilines is 1. The summed E-state index contributed by atoms with van der Waals surface area (Å²) in [6, 6.07) is -0.641. The molecule has 2 N–H and O–H groups in total. The maximum Gasteiger partial charge on any atom is 0.326 e. The van der Waals surface area contributed by atoms with Crippen LogP contribution in [0.1, 0.15) is 26.2 Å². The molecule has 0 saturated heterocycles. The fraction of sp³-hybridized carbons (Fsp3) is 0.500. The highest BCUT2D eigenvalue weighted by molar-refractivity contribution is 5.88. The van der Waals surface area contributed by atoms with Crippen LogP contribution >= 0.6 is 0 Å². The van der Waals surface area contributed by atoms with E-state index in [1.54, 1.807) is 17.9 Å². The van der Waals surface area contributed by atoms with Crippen molar-refractivity contribution in [1.29, 1.82) is 0 Å². The van der Waals surface area contributed by atoms with Gasteiger partial charge in [0.15, 0.2) is 5.65 Å². The molecule has 2 heterocycles. The number of carboxylic acids is 1. The van der Waals surface area contributed by atoms with Crippen molar-refractivity contribution in [1.82, 2.24) is 19.7 Å². The van der Waals surface area contributed by atoms with Crippen LogP contribution in [0, 0.1) is 0 Å². The van der Waals surface area contributed by atoms with E-state index in [9.17, 15) is 9.90 Å². The quantitative estimate of drug-likeness (QED) is 0.818. The van der Waals surface area contributed by atoms with E-state index < -0.39 is 12.0 Å². The predicted octanol–water partition coefficient (Wildman–Crippen LogP) is 1.42. The summed E-state index contributed by atoms with van der Waals surface area (Å²) in [4.78, 5) is 19.5. The minimum absolute atomic E-state index is 0.515. The number of nitrogens with one attached hydrogen (secondary N) is 1. The molecule has 1 unspecified atom stereocenters. The van der Waals surface area contributed by atoms with E-state index in [1.165, 1.54) is 6.33 Å². The first-order valence-electron chi connectivity index (χ1n) is 6.25. The van der Waals surface area contributed by atoms with Crippen molar-refractivity contribution in [2.24, 2.45) is 7.05 Å². The molecule has 0 spiro atoms. The Bertz CT molecular complexity index is 581. The Balaban J connectivity index is 2.26. The van der Waals surface area contributed by atoms with Crippen LogP contribution in [0.25, 0.3) is 11.0 Å². The van der Waals surface area contributed by atoms with Gasteiger partial charge in [0.1, 0.15) is 18.2 Å². The standard InChI is InChI=1S/C12H17N5O2/c1-3-4-5-9(12(18)19)16-10-8-6-15-17(2)11(8)14-7-13-10/h6-7,9H,3-5H2,1-2H3,(H,18,19)(H,13,14,16). The third-order valence-electron chi connectivity index (χ3n) is 2.98. The number of rotatable bonds is 6. The summed E-state index contributed by atoms with van der Waals surface area (Å²) in [5, 5.41) is 17.0. The molecule has 19 heavy (non-hydrogen) atoms. The Morgan fingerprint density at radius 3 is 3.00 bits per heavy atom. The molecule has 0 aromatic carbocycles. The van der Waals surface area contributed by atoms with Gasteiger partial charge in [-0.25, -0.2) is 14.8 Å². The summed E-state index contributed by atoms with van der Waals surface area (Å²) in [7, 11) is 1.78. The van der Waals surface area contributed by atoms with Gasteiger partial charge in [-0.2, -0.15) is 5.10 Å². The number of aromatic nitrogens is 4. The molecule has 102 valence electrons. The molecule has 7 nitrogen and oxygen atoms in total. The van der Waals surface area contributed by atoms with Crippen molar-refractivity contribution in [3.05, 3.63) is 12.5 Å². The van der Waals surface area contributed by atoms with Gasteiger partial charge in [-0.1, -0.05) is 19.8 Å². The first-order valence-corrected chi connectivity index (χ1v) is 6.25. The summed E-state index contributed by atoms with van der Waals surface area (Å²) >= 11 is 0. The van der Waals surface area contributed by atoms with Crippen LogP contribution in [-0.4, -0.2) is 36.9 Å². The van der Waals surface area contributed by atoms with Crippen LogP contribution in [0.15, 0.2) is 12.5 Å². The highest BCUT2D eigenvalue weighted by Gasteiger charge is 2.19. The Hall–Kier alpha value is -2.18. The number of carbonyl (C=O) groups is 1. The molecule has 0 saturated carbocycles. The third-order valence-corrected chi connectivity index (χ3v) is 2.98. The van der Waals surface area contributed by atoms with E-state index >= 15 is 0 Å². The summed E-state index contributed by atoms with van der Waals surface area (Å²) < 4.78 is 1.63. The molecule has 0 bridgehead atoms. The molecule has 0 fully saturated rings. The van der Waals surface area contributed by atoms with Crippen LogP contribution in [0.5, 0.6) is 0 Å². The smallest absolute Gasteiger partial charge is 0.326 e. The summed E-state index contributed by atoms with van der Waals surface area (Å²) in [6.07, 6.45) is 5.42. The lowest BCUT2D eigenvalue weighted by atomic mass is 10.1. The van der Waals surface area contributed by atoms with Crippen molar-refractivity contribution in [2.45, 2.75) is 32.2 Å². The highest BCUT2D eigenvalue weighted by atomic mass is 16.4. The van der Waals surface area contributed by atoms with E-state index in [0.717, 1.165) is 18.2 Å². The fourth-order valence-electron chi connectivity index (χ4n) is 1.91. The number of hydrogen-bond donors (Lipinski definition) is 2. The first-order chi connectivity index (χ1) is 9.13. The lowest BCUT2D eigenvalue weighted by Gasteiger charge is -2.14. The lowest BCUT2D eigenvalue weighted by Crippen LogP contribution is -2.29. The largest absolute Gasteiger partial charge is 0.480 e. The number of carboxylic acid groups (broad SMARTS) is 1. The van der Waals surface area contributed by atoms with E-state index in [4.69, 9.17) is 0 Å². The number of aryl methyl sites for hydroxylation is 1. The molecular weight excluding hydrogens is 246 g/mol. The van der Waals surface area contributed by atoms with Gasteiger partial charge in [-0.15, -0.1) is 0 Å². The highest BCUT2D eigenvalue weighted by Crippen LogP contribution is 2.19. The van der Waals surface area contributed by atoms with Gasteiger partial charge in [0.2, 0.25) is 0 Å². The van der Waals surface area contributed by atoms with Crippen molar-refractivity contribution in [3.63, 3.8) is 0 Å². The van der Waals surface area contributed by atoms with Crippen LogP contribution in [0.4, 0.5) is 5.82 Å². The van der Waals surface area contributed by atoms with Gasteiger partial charge in [0.25, 0.3) is 0 Å². The lowest BCUT2D eigenvalue weighted by molar-refractivity contribution is -0.138. The van der Waals surface area contributed by atoms with Gasteiger partial charge >= 0.3 is 5.97 Å². The molecule has 0 aliphatic carbocycles. The van der Waals surface area contributed by atoms with Crippen molar-refractivity contribution in [3.8, 4) is 0 Å². The second-order valence-corrected chi connectivity index (χ2v) is 4.41. The average molecular weight is 263 g/mol. The molecule has 7 heteroatoms. The summed E-state index contributed by atoms with van der Waals surface area (Å²) in [5.74, 6) is -0.356. The van der Waals surface area contributed by atoms with E-state index in [2.05, 4.69) is 20.4 Å². The number of fused-ring (bicyclic) bond motifs is 1. The van der Waals surface area contributed by atoms with Crippen LogP contribution in [-0.2, 0) is 11.8 Å². The van der Waals surface area contributed by atoms with E-state index in [-0.39, 0.29) is 0 Å². The molecule has 0 aliphatic rings. The first kappa shape index (κ1) is 13.3. The number of aliphatic carboxylic acids is 1. The normalized spacial score (nSPS) is 12.5. The number of hydrogen-bond acceptors (Lipinski definition) is 5. The molecule has 2 rings (SSSR count). The average Bonchev–Trinajstić information content (AvgIpc) is 2.77. The Labute approximate surface area is 110 Å². The van der Waals surface area contributed by atoms with Gasteiger partial charge in [-0.05, 0) is 6.42 Å². The summed E-state index contributed by atoms with van der Waals surface area (Å²) in [6.45, 7) is 2.03. The minimum atomic E-state index is -0.871. The molecule has 0 amide bonds.